The molecule has 0 aliphatic carbocycles. The Labute approximate surface area is 86.4 Å². The van der Waals surface area contributed by atoms with Crippen LogP contribution >= 0.6 is 0 Å². The average Bonchev–Trinajstić information content (AvgIpc) is 2.17. The molecule has 0 saturated carbocycles. The largest absolute Gasteiger partial charge is 0.478 e. The molecule has 0 amide bonds. The standard InChI is InChI=1S/C10H11NO4/c1-2-3-6-4-7(9(12)13)8(5-11-6)10(14)15/h4-5H,2-3H2,1H3,(H,12,13)(H,14,15). The zero-order valence-electron chi connectivity index (χ0n) is 8.23. The molecule has 0 fully saturated rings. The van der Waals surface area contributed by atoms with Gasteiger partial charge in [-0.2, -0.15) is 0 Å². The average molecular weight is 209 g/mol. The summed E-state index contributed by atoms with van der Waals surface area (Å²) in [6.07, 6.45) is 2.56. The summed E-state index contributed by atoms with van der Waals surface area (Å²) in [6.45, 7) is 1.94. The van der Waals surface area contributed by atoms with Crippen molar-refractivity contribution >= 4 is 11.9 Å². The van der Waals surface area contributed by atoms with E-state index in [0.717, 1.165) is 12.6 Å². The molecule has 0 aliphatic rings. The molecule has 0 spiro atoms. The highest BCUT2D eigenvalue weighted by molar-refractivity contribution is 6.01. The Bertz CT molecular complexity index is 400. The van der Waals surface area contributed by atoms with Gasteiger partial charge in [0.25, 0.3) is 0 Å². The van der Waals surface area contributed by atoms with E-state index < -0.39 is 11.9 Å². The van der Waals surface area contributed by atoms with Crippen LogP contribution in [0, 0.1) is 0 Å². The fraction of sp³-hybridized carbons (Fsp3) is 0.300. The monoisotopic (exact) mass is 209 g/mol. The highest BCUT2D eigenvalue weighted by Gasteiger charge is 2.16. The highest BCUT2D eigenvalue weighted by Crippen LogP contribution is 2.11. The van der Waals surface area contributed by atoms with E-state index in [1.54, 1.807) is 0 Å². The molecular weight excluding hydrogens is 198 g/mol. The quantitative estimate of drug-likeness (QED) is 0.783. The van der Waals surface area contributed by atoms with Gasteiger partial charge in [0.2, 0.25) is 0 Å². The summed E-state index contributed by atoms with van der Waals surface area (Å²) in [6, 6.07) is 1.31. The third-order valence-electron chi connectivity index (χ3n) is 1.93. The van der Waals surface area contributed by atoms with Crippen molar-refractivity contribution in [3.63, 3.8) is 0 Å². The lowest BCUT2D eigenvalue weighted by Gasteiger charge is -2.03. The number of carboxylic acid groups (broad SMARTS) is 2. The van der Waals surface area contributed by atoms with Gasteiger partial charge in [0, 0.05) is 11.9 Å². The van der Waals surface area contributed by atoms with Crippen molar-refractivity contribution < 1.29 is 19.8 Å². The number of pyridine rings is 1. The molecule has 1 aromatic heterocycles. The first-order chi connectivity index (χ1) is 7.06. The lowest BCUT2D eigenvalue weighted by Crippen LogP contribution is -2.10. The SMILES string of the molecule is CCCc1cc(C(=O)O)c(C(=O)O)cn1. The lowest BCUT2D eigenvalue weighted by atomic mass is 10.1. The maximum Gasteiger partial charge on any atom is 0.338 e. The van der Waals surface area contributed by atoms with Crippen LogP contribution in [0.25, 0.3) is 0 Å². The minimum absolute atomic E-state index is 0.207. The normalized spacial score (nSPS) is 9.93. The zero-order chi connectivity index (χ0) is 11.4. The summed E-state index contributed by atoms with van der Waals surface area (Å²) in [5, 5.41) is 17.5. The minimum atomic E-state index is -1.28. The number of aromatic nitrogens is 1. The van der Waals surface area contributed by atoms with Crippen molar-refractivity contribution in [2.45, 2.75) is 19.8 Å². The van der Waals surface area contributed by atoms with Gasteiger partial charge in [0.05, 0.1) is 11.1 Å². The van der Waals surface area contributed by atoms with Crippen molar-refractivity contribution in [2.24, 2.45) is 0 Å². The predicted molar refractivity (Wildman–Crippen MR) is 52.2 cm³/mol. The third-order valence-corrected chi connectivity index (χ3v) is 1.93. The van der Waals surface area contributed by atoms with Crippen LogP contribution in [-0.2, 0) is 6.42 Å². The van der Waals surface area contributed by atoms with Crippen molar-refractivity contribution in [1.29, 1.82) is 0 Å². The molecule has 0 radical (unpaired) electrons. The number of nitrogens with zero attached hydrogens (tertiary/aromatic N) is 1. The maximum atomic E-state index is 10.8. The van der Waals surface area contributed by atoms with Gasteiger partial charge < -0.3 is 10.2 Å². The van der Waals surface area contributed by atoms with E-state index >= 15 is 0 Å². The maximum absolute atomic E-state index is 10.8. The topological polar surface area (TPSA) is 87.5 Å². The number of rotatable bonds is 4. The number of aryl methyl sites for hydroxylation is 1. The molecule has 1 aromatic rings. The summed E-state index contributed by atoms with van der Waals surface area (Å²) >= 11 is 0. The summed E-state index contributed by atoms with van der Waals surface area (Å²) in [5.74, 6) is -2.52. The van der Waals surface area contributed by atoms with Crippen LogP contribution in [0.4, 0.5) is 0 Å². The van der Waals surface area contributed by atoms with Crippen LogP contribution in [0.3, 0.4) is 0 Å². The van der Waals surface area contributed by atoms with Gasteiger partial charge in [0.15, 0.2) is 0 Å². The lowest BCUT2D eigenvalue weighted by molar-refractivity contribution is 0.0651. The van der Waals surface area contributed by atoms with Crippen molar-refractivity contribution in [3.05, 3.63) is 29.1 Å². The van der Waals surface area contributed by atoms with Crippen molar-refractivity contribution in [1.82, 2.24) is 4.98 Å². The van der Waals surface area contributed by atoms with E-state index in [1.807, 2.05) is 6.92 Å². The summed E-state index contributed by atoms with van der Waals surface area (Å²) in [4.78, 5) is 25.4. The van der Waals surface area contributed by atoms with Crippen LogP contribution in [0.15, 0.2) is 12.3 Å². The van der Waals surface area contributed by atoms with E-state index in [-0.39, 0.29) is 11.1 Å². The van der Waals surface area contributed by atoms with Gasteiger partial charge in [0.1, 0.15) is 0 Å². The van der Waals surface area contributed by atoms with Gasteiger partial charge in [-0.25, -0.2) is 9.59 Å². The van der Waals surface area contributed by atoms with Gasteiger partial charge in [-0.15, -0.1) is 0 Å². The van der Waals surface area contributed by atoms with Gasteiger partial charge >= 0.3 is 11.9 Å². The molecule has 0 unspecified atom stereocenters. The van der Waals surface area contributed by atoms with E-state index in [4.69, 9.17) is 10.2 Å². The molecular formula is C10H11NO4. The molecule has 5 nitrogen and oxygen atoms in total. The highest BCUT2D eigenvalue weighted by atomic mass is 16.4. The van der Waals surface area contributed by atoms with E-state index in [2.05, 4.69) is 4.98 Å². The molecule has 5 heteroatoms. The molecule has 2 N–H and O–H groups in total. The first-order valence-electron chi connectivity index (χ1n) is 4.51. The summed E-state index contributed by atoms with van der Waals surface area (Å²) in [7, 11) is 0. The number of aromatic carboxylic acids is 2. The van der Waals surface area contributed by atoms with Crippen LogP contribution < -0.4 is 0 Å². The van der Waals surface area contributed by atoms with Crippen LogP contribution in [0.2, 0.25) is 0 Å². The van der Waals surface area contributed by atoms with Gasteiger partial charge in [-0.1, -0.05) is 13.3 Å². The second kappa shape index (κ2) is 4.54. The first-order valence-corrected chi connectivity index (χ1v) is 4.51. The molecule has 1 heterocycles. The van der Waals surface area contributed by atoms with E-state index in [9.17, 15) is 9.59 Å². The minimum Gasteiger partial charge on any atom is -0.478 e. The Morgan fingerprint density at radius 3 is 2.33 bits per heavy atom. The number of carboxylic acids is 2. The molecule has 0 aliphatic heterocycles. The summed E-state index contributed by atoms with van der Waals surface area (Å²) in [5.41, 5.74) is 0.114. The van der Waals surface area contributed by atoms with Gasteiger partial charge in [-0.3, -0.25) is 4.98 Å². The fourth-order valence-electron chi connectivity index (χ4n) is 1.24. The number of hydrogen-bond acceptors (Lipinski definition) is 3. The predicted octanol–water partition coefficient (Wildman–Crippen LogP) is 1.43. The molecule has 0 atom stereocenters. The summed E-state index contributed by atoms with van der Waals surface area (Å²) < 4.78 is 0. The second-order valence-electron chi connectivity index (χ2n) is 3.08. The smallest absolute Gasteiger partial charge is 0.338 e. The molecule has 0 saturated heterocycles. The van der Waals surface area contributed by atoms with Crippen LogP contribution in [0.1, 0.15) is 39.8 Å². The van der Waals surface area contributed by atoms with Crippen LogP contribution in [-0.4, -0.2) is 27.1 Å². The Balaban J connectivity index is 3.21. The third kappa shape index (κ3) is 2.52. The van der Waals surface area contributed by atoms with E-state index in [1.165, 1.54) is 6.07 Å². The van der Waals surface area contributed by atoms with Crippen molar-refractivity contribution in [2.75, 3.05) is 0 Å². The Morgan fingerprint density at radius 1 is 1.27 bits per heavy atom. The van der Waals surface area contributed by atoms with Crippen LogP contribution in [0.5, 0.6) is 0 Å². The molecule has 80 valence electrons. The molecule has 0 aromatic carbocycles. The van der Waals surface area contributed by atoms with Crippen molar-refractivity contribution in [3.8, 4) is 0 Å². The molecule has 0 bridgehead atoms. The Hall–Kier alpha value is -1.91. The van der Waals surface area contributed by atoms with Gasteiger partial charge in [-0.05, 0) is 12.5 Å². The second-order valence-corrected chi connectivity index (χ2v) is 3.08. The Kier molecular flexibility index (Phi) is 3.38. The number of carbonyl (C=O) groups is 2. The Morgan fingerprint density at radius 2 is 1.87 bits per heavy atom. The first kappa shape index (κ1) is 11.2. The molecule has 15 heavy (non-hydrogen) atoms. The van der Waals surface area contributed by atoms with E-state index in [0.29, 0.717) is 12.1 Å². The zero-order valence-corrected chi connectivity index (χ0v) is 8.23. The fourth-order valence-corrected chi connectivity index (χ4v) is 1.24. The molecule has 1 rings (SSSR count). The number of hydrogen-bond donors (Lipinski definition) is 2.